The van der Waals surface area contributed by atoms with Crippen LogP contribution in [0.1, 0.15) is 117 Å². The van der Waals surface area contributed by atoms with Crippen molar-refractivity contribution in [1.29, 1.82) is 0 Å². The molecule has 0 aliphatic rings. The normalized spacial score (nSPS) is 10.1. The van der Waals surface area contributed by atoms with Gasteiger partial charge in [-0.1, -0.05) is 150 Å². The summed E-state index contributed by atoms with van der Waals surface area (Å²) in [7, 11) is 1.68. The van der Waals surface area contributed by atoms with Crippen molar-refractivity contribution in [2.75, 3.05) is 37.4 Å². The van der Waals surface area contributed by atoms with Crippen molar-refractivity contribution < 1.29 is 55.4 Å². The Balaban J connectivity index is 0.000000572. The van der Waals surface area contributed by atoms with Gasteiger partial charge in [0.2, 0.25) is 5.91 Å². The zero-order valence-corrected chi connectivity index (χ0v) is 61.1. The molecule has 0 aliphatic carbocycles. The number of ether oxygens (including phenoxy) is 2. The molecule has 0 spiro atoms. The predicted molar refractivity (Wildman–Crippen MR) is 398 cm³/mol. The Hall–Kier alpha value is -10.1. The number of nitro benzene ring substituents is 3. The number of hydrogen-bond donors (Lipinski definition) is 3. The van der Waals surface area contributed by atoms with Crippen molar-refractivity contribution in [3.63, 3.8) is 0 Å². The average molecular weight is 1420 g/mol. The number of nitrogens with one attached hydrogen (secondary N) is 2. The molecular formula is C79H95ClF6N6O9. The molecule has 544 valence electrons. The van der Waals surface area contributed by atoms with Gasteiger partial charge in [0.25, 0.3) is 11.4 Å². The standard InChI is InChI=1S/C13H22N2.C10H13NO.C9H6F6.C9H11NO3.C8H9NO2.C8H10O.C8H10.C7H7Cl.C7H7NO2/c1-11-6-7-12(2)13(10-11)15-9-5-3-4-8-14;1-7-4-5-8(2)10(6-7)11-9(3)12;1-5-2-6(8(10,11)12)4-7(3-5)9(13,14)15;1-3-13-9-5-4-7(2)6-8(9)10(11)12;1-6-4-3-5-8(7(6)2)9(10)11;1-7-5-3-4-6-8(7)9-2;1-7-4-3-5-8(2)6-7;1-6-2-4-7(8)5-3-6;1-6-4-2-3-5-7(6)8(9)10/h6-7,10,15H,3-5,8-9,14H2,1-2H3;4-6H,1-3H3,(H,11,12);2-4H,1H3;4-6H,3H2,1-2H3;3-5H,1-2H3;3-6H,1-2H3;3-6H,1-2H3;2-5H,1H3;2-5H,1H3. The molecule has 0 fully saturated rings. The number of nitrogens with two attached hydrogens (primary N) is 1. The van der Waals surface area contributed by atoms with Crippen molar-refractivity contribution in [1.82, 2.24) is 0 Å². The quantitative estimate of drug-likeness (QED) is 0.0427. The van der Waals surface area contributed by atoms with Gasteiger partial charge in [0.05, 0.1) is 39.6 Å². The minimum Gasteiger partial charge on any atom is -0.496 e. The maximum Gasteiger partial charge on any atom is 0.416 e. The lowest BCUT2D eigenvalue weighted by Gasteiger charge is -2.12. The average Bonchev–Trinajstić information content (AvgIpc) is 0.820. The van der Waals surface area contributed by atoms with Crippen LogP contribution >= 0.6 is 11.6 Å². The Morgan fingerprint density at radius 2 is 0.901 bits per heavy atom. The zero-order valence-electron chi connectivity index (χ0n) is 60.4. The van der Waals surface area contributed by atoms with E-state index >= 15 is 0 Å². The fourth-order valence-electron chi connectivity index (χ4n) is 8.64. The van der Waals surface area contributed by atoms with Crippen LogP contribution in [-0.4, -0.2) is 47.5 Å². The Labute approximate surface area is 595 Å². The molecule has 0 atom stereocenters. The fourth-order valence-corrected chi connectivity index (χ4v) is 8.77. The number of carbonyl (C=O) groups excluding carboxylic acids is 1. The van der Waals surface area contributed by atoms with Crippen LogP contribution in [-0.2, 0) is 17.1 Å². The minimum absolute atomic E-state index is 0.0244. The highest BCUT2D eigenvalue weighted by atomic mass is 35.5. The lowest BCUT2D eigenvalue weighted by Crippen LogP contribution is -2.11. The molecule has 0 saturated heterocycles. The molecule has 0 aromatic heterocycles. The van der Waals surface area contributed by atoms with Gasteiger partial charge in [0.1, 0.15) is 5.75 Å². The van der Waals surface area contributed by atoms with E-state index in [0.717, 1.165) is 63.8 Å². The third-order valence-corrected chi connectivity index (χ3v) is 14.5. The number of rotatable bonds is 13. The van der Waals surface area contributed by atoms with E-state index in [4.69, 9.17) is 26.8 Å². The summed E-state index contributed by atoms with van der Waals surface area (Å²) < 4.78 is 83.2. The molecule has 101 heavy (non-hydrogen) atoms. The van der Waals surface area contributed by atoms with E-state index in [1.807, 2.05) is 114 Å². The van der Waals surface area contributed by atoms with E-state index in [-0.39, 0.29) is 44.4 Å². The lowest BCUT2D eigenvalue weighted by molar-refractivity contribution is -0.386. The number of methoxy groups -OCH3 is 1. The number of nitro groups is 3. The van der Waals surface area contributed by atoms with Crippen LogP contribution in [0.3, 0.4) is 0 Å². The smallest absolute Gasteiger partial charge is 0.416 e. The SMILES string of the molecule is CC(=O)Nc1cc(C)ccc1C.CCOc1ccc(C)cc1[N+](=O)[O-].COc1ccccc1C.Cc1cc(C(F)(F)F)cc(C(F)(F)F)c1.Cc1ccc(C)c(NCCCCCN)c1.Cc1ccc(Cl)cc1.Cc1cccc(C)c1.Cc1cccc([N+](=O)[O-])c1C.Cc1ccccc1[N+](=O)[O-]. The number of benzene rings is 9. The molecule has 22 heteroatoms. The summed E-state index contributed by atoms with van der Waals surface area (Å²) in [5, 5.41) is 38.2. The molecule has 0 heterocycles. The highest BCUT2D eigenvalue weighted by Crippen LogP contribution is 2.36. The van der Waals surface area contributed by atoms with E-state index in [0.29, 0.717) is 30.1 Å². The van der Waals surface area contributed by atoms with E-state index < -0.39 is 28.4 Å². The number of alkyl halides is 6. The molecule has 0 saturated carbocycles. The first-order valence-corrected chi connectivity index (χ1v) is 32.5. The Morgan fingerprint density at radius 3 is 1.33 bits per heavy atom. The number of amides is 1. The molecule has 4 N–H and O–H groups in total. The number of halogens is 7. The summed E-state index contributed by atoms with van der Waals surface area (Å²) >= 11 is 5.61. The van der Waals surface area contributed by atoms with Crippen LogP contribution in [0.25, 0.3) is 0 Å². The van der Waals surface area contributed by atoms with Gasteiger partial charge >= 0.3 is 18.0 Å². The number of para-hydroxylation sites is 2. The number of unbranched alkanes of at least 4 members (excludes halogenated alkanes) is 2. The van der Waals surface area contributed by atoms with Crippen molar-refractivity contribution in [3.05, 3.63) is 307 Å². The van der Waals surface area contributed by atoms with Crippen LogP contribution in [0, 0.1) is 120 Å². The highest BCUT2D eigenvalue weighted by molar-refractivity contribution is 6.30. The third-order valence-electron chi connectivity index (χ3n) is 14.2. The molecule has 0 aliphatic heterocycles. The van der Waals surface area contributed by atoms with Crippen LogP contribution in [0.4, 0.5) is 54.8 Å². The maximum atomic E-state index is 12.2. The lowest BCUT2D eigenvalue weighted by atomic mass is 10.1. The molecule has 1 amide bonds. The molecule has 15 nitrogen and oxygen atoms in total. The highest BCUT2D eigenvalue weighted by Gasteiger charge is 2.36. The third kappa shape index (κ3) is 37.0. The molecule has 0 unspecified atom stereocenters. The number of hydrogen-bond acceptors (Lipinski definition) is 11. The van der Waals surface area contributed by atoms with E-state index in [1.165, 1.54) is 84.0 Å². The number of anilines is 2. The second kappa shape index (κ2) is 46.3. The van der Waals surface area contributed by atoms with Gasteiger partial charge in [-0.15, -0.1) is 0 Å². The predicted octanol–water partition coefficient (Wildman–Crippen LogP) is 22.5. The Kier molecular flexibility index (Phi) is 40.7. The van der Waals surface area contributed by atoms with E-state index in [9.17, 15) is 61.5 Å². The summed E-state index contributed by atoms with van der Waals surface area (Å²) in [6.07, 6.45) is -5.97. The molecule has 0 bridgehead atoms. The molecule has 9 aromatic carbocycles. The van der Waals surface area contributed by atoms with Gasteiger partial charge < -0.3 is 25.8 Å². The maximum absolute atomic E-state index is 12.2. The second-order valence-corrected chi connectivity index (χ2v) is 23.7. The first-order chi connectivity index (χ1) is 47.3. The summed E-state index contributed by atoms with van der Waals surface area (Å²) in [5.74, 6) is 1.26. The summed E-state index contributed by atoms with van der Waals surface area (Å²) in [6.45, 7) is 30.5. The van der Waals surface area contributed by atoms with Crippen molar-refractivity contribution in [2.45, 2.75) is 135 Å². The number of carbonyl (C=O) groups is 1. The first-order valence-electron chi connectivity index (χ1n) is 32.1. The van der Waals surface area contributed by atoms with Gasteiger partial charge in [-0.2, -0.15) is 26.3 Å². The molecule has 9 rings (SSSR count). The van der Waals surface area contributed by atoms with Crippen molar-refractivity contribution >= 4 is 45.9 Å². The summed E-state index contributed by atoms with van der Waals surface area (Å²) in [6, 6.07) is 54.8. The first kappa shape index (κ1) is 88.9. The molecule has 9 aromatic rings. The minimum atomic E-state index is -4.76. The largest absolute Gasteiger partial charge is 0.496 e. The van der Waals surface area contributed by atoms with Gasteiger partial charge in [-0.25, -0.2) is 0 Å². The van der Waals surface area contributed by atoms with Crippen LogP contribution in [0.15, 0.2) is 188 Å². The van der Waals surface area contributed by atoms with Gasteiger partial charge in [0, 0.05) is 59.2 Å². The Bertz CT molecular complexity index is 3950. The molecule has 0 radical (unpaired) electrons. The van der Waals surface area contributed by atoms with Gasteiger partial charge in [0.15, 0.2) is 5.75 Å². The van der Waals surface area contributed by atoms with Crippen molar-refractivity contribution in [3.8, 4) is 11.5 Å². The second-order valence-electron chi connectivity index (χ2n) is 23.3. The monoisotopic (exact) mass is 1420 g/mol. The van der Waals surface area contributed by atoms with Gasteiger partial charge in [-0.3, -0.25) is 35.1 Å². The van der Waals surface area contributed by atoms with E-state index in [2.05, 4.69) is 80.8 Å². The summed E-state index contributed by atoms with van der Waals surface area (Å²) in [5.41, 5.74) is 18.6. The fraction of sp³-hybridized carbons (Fsp3) is 0.304. The number of aryl methyl sites for hydroxylation is 12. The van der Waals surface area contributed by atoms with Crippen LogP contribution < -0.4 is 25.8 Å². The Morgan fingerprint density at radius 1 is 0.455 bits per heavy atom. The summed E-state index contributed by atoms with van der Waals surface area (Å²) in [4.78, 5) is 40.8. The van der Waals surface area contributed by atoms with E-state index in [1.54, 1.807) is 64.3 Å². The molecular weight excluding hydrogens is 1330 g/mol. The number of nitrogens with zero attached hydrogens (tertiary/aromatic N) is 3. The topological polar surface area (TPSA) is 215 Å². The zero-order chi connectivity index (χ0) is 76.6. The van der Waals surface area contributed by atoms with Crippen LogP contribution in [0.2, 0.25) is 5.02 Å². The van der Waals surface area contributed by atoms with Gasteiger partial charge in [-0.05, 0) is 215 Å². The van der Waals surface area contributed by atoms with Crippen LogP contribution in [0.5, 0.6) is 11.5 Å². The van der Waals surface area contributed by atoms with Crippen molar-refractivity contribution in [2.24, 2.45) is 5.73 Å².